The third kappa shape index (κ3) is 5.08. The summed E-state index contributed by atoms with van der Waals surface area (Å²) in [6, 6.07) is 17.2. The molecule has 0 spiro atoms. The van der Waals surface area contributed by atoms with Gasteiger partial charge in [-0.2, -0.15) is 0 Å². The number of benzene rings is 2. The van der Waals surface area contributed by atoms with Gasteiger partial charge < -0.3 is 16.0 Å². The summed E-state index contributed by atoms with van der Waals surface area (Å²) in [4.78, 5) is 37.2. The minimum atomic E-state index is -0.616. The average Bonchev–Trinajstić information content (AvgIpc) is 2.80. The molecule has 0 unspecified atom stereocenters. The molecule has 2 amide bonds. The number of amides is 2. The van der Waals surface area contributed by atoms with Crippen LogP contribution in [0.4, 0.5) is 27.4 Å². The third-order valence-corrected chi connectivity index (χ3v) is 4.32. The van der Waals surface area contributed by atoms with E-state index in [1.54, 1.807) is 54.9 Å². The Morgan fingerprint density at radius 2 is 1.47 bits per heavy atom. The summed E-state index contributed by atoms with van der Waals surface area (Å²) in [6.45, 7) is 0. The van der Waals surface area contributed by atoms with Gasteiger partial charge in [0.05, 0.1) is 5.56 Å². The van der Waals surface area contributed by atoms with E-state index in [4.69, 9.17) is 0 Å². The maximum absolute atomic E-state index is 13.8. The summed E-state index contributed by atoms with van der Waals surface area (Å²) in [7, 11) is 0. The van der Waals surface area contributed by atoms with Gasteiger partial charge in [-0.3, -0.25) is 14.6 Å². The first kappa shape index (κ1) is 20.6. The summed E-state index contributed by atoms with van der Waals surface area (Å²) in [5, 5.41) is 8.33. The number of pyridine rings is 1. The smallest absolute Gasteiger partial charge is 0.274 e. The number of carbonyl (C=O) groups excluding carboxylic acids is 2. The molecule has 0 aliphatic heterocycles. The van der Waals surface area contributed by atoms with E-state index in [1.165, 1.54) is 30.5 Å². The maximum Gasteiger partial charge on any atom is 0.274 e. The lowest BCUT2D eigenvalue weighted by atomic mass is 10.2. The number of carbonyl (C=O) groups is 2. The molecule has 0 aliphatic rings. The van der Waals surface area contributed by atoms with Crippen molar-refractivity contribution in [1.29, 1.82) is 0 Å². The molecule has 4 aromatic rings. The molecule has 0 radical (unpaired) electrons. The quantitative estimate of drug-likeness (QED) is 0.423. The van der Waals surface area contributed by atoms with Crippen molar-refractivity contribution in [2.45, 2.75) is 0 Å². The highest BCUT2D eigenvalue weighted by Gasteiger charge is 2.13. The Labute approximate surface area is 182 Å². The van der Waals surface area contributed by atoms with Gasteiger partial charge in [0.15, 0.2) is 0 Å². The van der Waals surface area contributed by atoms with Crippen LogP contribution in [0.3, 0.4) is 0 Å². The van der Waals surface area contributed by atoms with Crippen LogP contribution in [0, 0.1) is 5.82 Å². The van der Waals surface area contributed by atoms with Crippen molar-refractivity contribution in [3.63, 3.8) is 0 Å². The Kier molecular flexibility index (Phi) is 6.08. The number of halogens is 1. The van der Waals surface area contributed by atoms with E-state index in [1.807, 2.05) is 0 Å². The number of nitrogens with zero attached hydrogens (tertiary/aromatic N) is 3. The molecule has 32 heavy (non-hydrogen) atoms. The SMILES string of the molecule is O=C(Nc1cccc(NC(=O)c2ccccc2F)c1)c1ccnc(Nc2ccncc2)n1. The van der Waals surface area contributed by atoms with Crippen LogP contribution >= 0.6 is 0 Å². The predicted octanol–water partition coefficient (Wildman–Crippen LogP) is 4.26. The first-order valence-corrected chi connectivity index (χ1v) is 9.56. The maximum atomic E-state index is 13.8. The Bertz CT molecular complexity index is 1270. The molecule has 8 nitrogen and oxygen atoms in total. The van der Waals surface area contributed by atoms with Crippen LogP contribution in [-0.2, 0) is 0 Å². The van der Waals surface area contributed by atoms with Gasteiger partial charge in [0.25, 0.3) is 11.8 Å². The Balaban J connectivity index is 1.44. The monoisotopic (exact) mass is 428 g/mol. The van der Waals surface area contributed by atoms with Gasteiger partial charge in [-0.15, -0.1) is 0 Å². The molecule has 0 saturated carbocycles. The van der Waals surface area contributed by atoms with Crippen LogP contribution in [0.25, 0.3) is 0 Å². The Morgan fingerprint density at radius 1 is 0.750 bits per heavy atom. The van der Waals surface area contributed by atoms with E-state index in [2.05, 4.69) is 30.9 Å². The van der Waals surface area contributed by atoms with Crippen molar-refractivity contribution in [2.24, 2.45) is 0 Å². The Morgan fingerprint density at radius 3 is 2.22 bits per heavy atom. The van der Waals surface area contributed by atoms with Gasteiger partial charge in [-0.25, -0.2) is 14.4 Å². The molecule has 2 heterocycles. The summed E-state index contributed by atoms with van der Waals surface area (Å²) in [5.74, 6) is -1.40. The van der Waals surface area contributed by atoms with Gasteiger partial charge in [-0.05, 0) is 48.5 Å². The number of hydrogen-bond donors (Lipinski definition) is 3. The van der Waals surface area contributed by atoms with Gasteiger partial charge in [0.2, 0.25) is 5.95 Å². The van der Waals surface area contributed by atoms with Crippen molar-refractivity contribution in [3.05, 3.63) is 102 Å². The van der Waals surface area contributed by atoms with E-state index in [-0.39, 0.29) is 17.2 Å². The van der Waals surface area contributed by atoms with E-state index in [0.717, 1.165) is 5.69 Å². The van der Waals surface area contributed by atoms with Crippen molar-refractivity contribution in [1.82, 2.24) is 15.0 Å². The number of nitrogens with one attached hydrogen (secondary N) is 3. The normalized spacial score (nSPS) is 10.3. The van der Waals surface area contributed by atoms with Crippen molar-refractivity contribution in [3.8, 4) is 0 Å². The fourth-order valence-electron chi connectivity index (χ4n) is 2.82. The van der Waals surface area contributed by atoms with Crippen LogP contribution < -0.4 is 16.0 Å². The highest BCUT2D eigenvalue weighted by molar-refractivity contribution is 6.06. The second-order valence-corrected chi connectivity index (χ2v) is 6.60. The van der Waals surface area contributed by atoms with Crippen LogP contribution in [0.5, 0.6) is 0 Å². The molecule has 0 aliphatic carbocycles. The molecule has 2 aromatic heterocycles. The van der Waals surface area contributed by atoms with E-state index in [9.17, 15) is 14.0 Å². The topological polar surface area (TPSA) is 109 Å². The summed E-state index contributed by atoms with van der Waals surface area (Å²) in [5.41, 5.74) is 1.65. The summed E-state index contributed by atoms with van der Waals surface area (Å²) < 4.78 is 13.8. The van der Waals surface area contributed by atoms with Crippen molar-refractivity contribution in [2.75, 3.05) is 16.0 Å². The van der Waals surface area contributed by atoms with Crippen molar-refractivity contribution >= 4 is 34.8 Å². The average molecular weight is 428 g/mol. The molecule has 0 bridgehead atoms. The summed E-state index contributed by atoms with van der Waals surface area (Å²) >= 11 is 0. The fraction of sp³-hybridized carbons (Fsp3) is 0. The second-order valence-electron chi connectivity index (χ2n) is 6.60. The minimum absolute atomic E-state index is 0.0721. The van der Waals surface area contributed by atoms with Crippen LogP contribution in [0.15, 0.2) is 85.3 Å². The number of hydrogen-bond acceptors (Lipinski definition) is 6. The predicted molar refractivity (Wildman–Crippen MR) is 118 cm³/mol. The summed E-state index contributed by atoms with van der Waals surface area (Å²) in [6.07, 6.45) is 4.71. The molecular weight excluding hydrogens is 411 g/mol. The van der Waals surface area contributed by atoms with Crippen LogP contribution in [0.1, 0.15) is 20.8 Å². The standard InChI is InChI=1S/C23H17FN6O2/c24-19-7-2-1-6-18(19)21(31)27-16-4-3-5-17(14-16)28-22(32)20-10-13-26-23(30-20)29-15-8-11-25-12-9-15/h1-14H,(H,27,31)(H,28,32)(H,25,26,29,30). The number of anilines is 4. The molecule has 3 N–H and O–H groups in total. The van der Waals surface area contributed by atoms with Gasteiger partial charge in [0.1, 0.15) is 11.5 Å². The zero-order valence-corrected chi connectivity index (χ0v) is 16.6. The van der Waals surface area contributed by atoms with Crippen LogP contribution in [-0.4, -0.2) is 26.8 Å². The van der Waals surface area contributed by atoms with Crippen LogP contribution in [0.2, 0.25) is 0 Å². The van der Waals surface area contributed by atoms with Gasteiger partial charge in [0, 0.05) is 35.7 Å². The van der Waals surface area contributed by atoms with Crippen molar-refractivity contribution < 1.29 is 14.0 Å². The Hall–Kier alpha value is -4.66. The number of rotatable bonds is 6. The molecule has 9 heteroatoms. The highest BCUT2D eigenvalue weighted by atomic mass is 19.1. The van der Waals surface area contributed by atoms with E-state index in [0.29, 0.717) is 11.4 Å². The molecular formula is C23H17FN6O2. The number of aromatic nitrogens is 3. The zero-order chi connectivity index (χ0) is 22.3. The molecule has 158 valence electrons. The molecule has 0 saturated heterocycles. The lowest BCUT2D eigenvalue weighted by Crippen LogP contribution is -2.16. The third-order valence-electron chi connectivity index (χ3n) is 4.32. The first-order valence-electron chi connectivity index (χ1n) is 9.56. The highest BCUT2D eigenvalue weighted by Crippen LogP contribution is 2.18. The van der Waals surface area contributed by atoms with E-state index >= 15 is 0 Å². The molecule has 0 fully saturated rings. The minimum Gasteiger partial charge on any atom is -0.324 e. The largest absolute Gasteiger partial charge is 0.324 e. The lowest BCUT2D eigenvalue weighted by molar-refractivity contribution is 0.101. The second kappa shape index (κ2) is 9.43. The zero-order valence-electron chi connectivity index (χ0n) is 16.6. The first-order chi connectivity index (χ1) is 15.6. The van der Waals surface area contributed by atoms with E-state index < -0.39 is 17.6 Å². The molecule has 0 atom stereocenters. The molecule has 2 aromatic carbocycles. The van der Waals surface area contributed by atoms with Gasteiger partial charge >= 0.3 is 0 Å². The lowest BCUT2D eigenvalue weighted by Gasteiger charge is -2.10. The van der Waals surface area contributed by atoms with Gasteiger partial charge in [-0.1, -0.05) is 18.2 Å². The fourth-order valence-corrected chi connectivity index (χ4v) is 2.82. The molecule has 4 rings (SSSR count).